The summed E-state index contributed by atoms with van der Waals surface area (Å²) in [6.07, 6.45) is 12.5. The zero-order valence-electron chi connectivity index (χ0n) is 22.0. The molecule has 2 aliphatic heterocycles. The summed E-state index contributed by atoms with van der Waals surface area (Å²) in [7, 11) is 0. The molecule has 0 aromatic heterocycles. The monoisotopic (exact) mass is 481 g/mol. The minimum atomic E-state index is -0.280. The Morgan fingerprint density at radius 2 is 1.80 bits per heavy atom. The van der Waals surface area contributed by atoms with Gasteiger partial charge in [-0.05, 0) is 55.9 Å². The number of hydrogen-bond acceptors (Lipinski definition) is 4. The minimum absolute atomic E-state index is 0.0358. The molecule has 35 heavy (non-hydrogen) atoms. The number of carbonyl (C=O) groups is 2. The molecule has 1 amide bonds. The maximum atomic E-state index is 13.9. The van der Waals surface area contributed by atoms with Crippen molar-refractivity contribution < 1.29 is 9.59 Å². The van der Waals surface area contributed by atoms with Gasteiger partial charge in [0.2, 0.25) is 5.91 Å². The van der Waals surface area contributed by atoms with Crippen LogP contribution in [0.4, 0.5) is 0 Å². The van der Waals surface area contributed by atoms with Gasteiger partial charge in [-0.3, -0.25) is 14.5 Å². The van der Waals surface area contributed by atoms with Gasteiger partial charge in [-0.25, -0.2) is 0 Å². The number of rotatable bonds is 10. The number of hydrogen-bond donors (Lipinski definition) is 1. The summed E-state index contributed by atoms with van der Waals surface area (Å²) in [5.74, 6) is 1.51. The number of nitrogens with two attached hydrogens (primary N) is 1. The molecular formula is C30H47N3O2. The van der Waals surface area contributed by atoms with E-state index >= 15 is 0 Å². The van der Waals surface area contributed by atoms with Crippen LogP contribution >= 0.6 is 0 Å². The number of aryl methyl sites for hydroxylation is 1. The van der Waals surface area contributed by atoms with Gasteiger partial charge in [0.05, 0.1) is 12.1 Å². The van der Waals surface area contributed by atoms with Gasteiger partial charge >= 0.3 is 0 Å². The lowest BCUT2D eigenvalue weighted by atomic mass is 9.84. The molecule has 2 heterocycles. The molecule has 1 aromatic carbocycles. The van der Waals surface area contributed by atoms with Crippen LogP contribution in [0.1, 0.15) is 90.0 Å². The quantitative estimate of drug-likeness (QED) is 0.513. The molecule has 1 aromatic rings. The molecule has 2 N–H and O–H groups in total. The Morgan fingerprint density at radius 3 is 2.51 bits per heavy atom. The largest absolute Gasteiger partial charge is 0.331 e. The van der Waals surface area contributed by atoms with Crippen LogP contribution in [0.25, 0.3) is 0 Å². The van der Waals surface area contributed by atoms with Gasteiger partial charge in [0.25, 0.3) is 0 Å². The molecule has 1 aliphatic carbocycles. The van der Waals surface area contributed by atoms with E-state index in [0.717, 1.165) is 38.6 Å². The second kappa shape index (κ2) is 12.5. The third-order valence-corrected chi connectivity index (χ3v) is 8.69. The summed E-state index contributed by atoms with van der Waals surface area (Å²) in [5, 5.41) is 0. The molecule has 4 atom stereocenters. The van der Waals surface area contributed by atoms with Crippen LogP contribution in [0.2, 0.25) is 0 Å². The van der Waals surface area contributed by atoms with Crippen LogP contribution in [0.15, 0.2) is 30.3 Å². The highest BCUT2D eigenvalue weighted by atomic mass is 16.2. The van der Waals surface area contributed by atoms with Gasteiger partial charge in [-0.15, -0.1) is 0 Å². The fourth-order valence-corrected chi connectivity index (χ4v) is 6.76. The lowest BCUT2D eigenvalue weighted by Crippen LogP contribution is -2.51. The van der Waals surface area contributed by atoms with Crippen molar-refractivity contribution in [3.05, 3.63) is 35.9 Å². The van der Waals surface area contributed by atoms with E-state index in [9.17, 15) is 9.59 Å². The first kappa shape index (κ1) is 26.3. The Balaban J connectivity index is 1.46. The van der Waals surface area contributed by atoms with E-state index in [0.29, 0.717) is 37.3 Å². The Labute approximate surface area is 212 Å². The number of nitrogens with zero attached hydrogens (tertiary/aromatic N) is 2. The van der Waals surface area contributed by atoms with E-state index in [1.807, 2.05) is 4.90 Å². The second-order valence-electron chi connectivity index (χ2n) is 11.9. The second-order valence-corrected chi connectivity index (χ2v) is 11.9. The van der Waals surface area contributed by atoms with Gasteiger partial charge in [0.15, 0.2) is 5.78 Å². The fraction of sp³-hybridized carbons (Fsp3) is 0.733. The highest BCUT2D eigenvalue weighted by Gasteiger charge is 2.45. The first-order chi connectivity index (χ1) is 16.9. The summed E-state index contributed by atoms with van der Waals surface area (Å²) in [5.41, 5.74) is 7.73. The highest BCUT2D eigenvalue weighted by molar-refractivity contribution is 5.91. The molecule has 0 spiro atoms. The molecule has 0 radical (unpaired) electrons. The summed E-state index contributed by atoms with van der Waals surface area (Å²) in [4.78, 5) is 31.9. The molecule has 194 valence electrons. The van der Waals surface area contributed by atoms with Crippen molar-refractivity contribution >= 4 is 11.7 Å². The third kappa shape index (κ3) is 6.95. The van der Waals surface area contributed by atoms with Crippen LogP contribution in [0, 0.1) is 11.8 Å². The molecule has 1 saturated carbocycles. The summed E-state index contributed by atoms with van der Waals surface area (Å²) in [6.45, 7) is 5.82. The Morgan fingerprint density at radius 1 is 1.06 bits per heavy atom. The van der Waals surface area contributed by atoms with Gasteiger partial charge < -0.3 is 10.6 Å². The van der Waals surface area contributed by atoms with Crippen LogP contribution in [-0.2, 0) is 16.0 Å². The van der Waals surface area contributed by atoms with Gasteiger partial charge in [-0.2, -0.15) is 0 Å². The van der Waals surface area contributed by atoms with Crippen molar-refractivity contribution in [2.75, 3.05) is 13.1 Å². The number of ketones is 1. The van der Waals surface area contributed by atoms with E-state index in [4.69, 9.17) is 5.73 Å². The number of benzene rings is 1. The third-order valence-electron chi connectivity index (χ3n) is 8.69. The van der Waals surface area contributed by atoms with E-state index in [-0.39, 0.29) is 29.8 Å². The molecular weight excluding hydrogens is 434 g/mol. The average molecular weight is 482 g/mol. The maximum absolute atomic E-state index is 13.9. The van der Waals surface area contributed by atoms with Crippen LogP contribution in [0.5, 0.6) is 0 Å². The molecule has 5 heteroatoms. The number of fused-ring (bicyclic) bond motifs is 1. The van der Waals surface area contributed by atoms with Crippen molar-refractivity contribution in [1.82, 2.24) is 9.80 Å². The average Bonchev–Trinajstić information content (AvgIpc) is 3.20. The summed E-state index contributed by atoms with van der Waals surface area (Å²) in [6, 6.07) is 10.5. The van der Waals surface area contributed by atoms with Gasteiger partial charge in [-0.1, -0.05) is 76.3 Å². The zero-order chi connectivity index (χ0) is 24.8. The Bertz CT molecular complexity index is 820. The van der Waals surface area contributed by atoms with Crippen molar-refractivity contribution in [3.8, 4) is 0 Å². The molecule has 4 rings (SSSR count). The molecule has 0 bridgehead atoms. The predicted octanol–water partition coefficient (Wildman–Crippen LogP) is 4.97. The van der Waals surface area contributed by atoms with Gasteiger partial charge in [0, 0.05) is 31.6 Å². The zero-order valence-corrected chi connectivity index (χ0v) is 22.0. The van der Waals surface area contributed by atoms with E-state index in [2.05, 4.69) is 49.1 Å². The Hall–Kier alpha value is -1.72. The maximum Gasteiger partial charge on any atom is 0.240 e. The lowest BCUT2D eigenvalue weighted by molar-refractivity contribution is -0.142. The predicted molar refractivity (Wildman–Crippen MR) is 142 cm³/mol. The number of carbonyl (C=O) groups excluding carboxylic acids is 2. The number of Topliss-reactive ketones (excluding diaryl/α,β-unsaturated/α-hetero) is 1. The van der Waals surface area contributed by atoms with Crippen LogP contribution < -0.4 is 5.73 Å². The fourth-order valence-electron chi connectivity index (χ4n) is 6.76. The lowest BCUT2D eigenvalue weighted by Gasteiger charge is -2.33. The molecule has 1 unspecified atom stereocenters. The van der Waals surface area contributed by atoms with Gasteiger partial charge in [0.1, 0.15) is 0 Å². The smallest absolute Gasteiger partial charge is 0.240 e. The molecule has 3 fully saturated rings. The first-order valence-corrected chi connectivity index (χ1v) is 14.3. The van der Waals surface area contributed by atoms with Crippen LogP contribution in [-0.4, -0.2) is 58.7 Å². The molecule has 3 aliphatic rings. The van der Waals surface area contributed by atoms with Crippen LogP contribution in [0.3, 0.4) is 0 Å². The standard InChI is InChI=1S/C30H47N3O2/c1-22(2)19-27(29(34)16-14-24-11-7-4-8-12-24)32-18-17-26(15-13-23-9-5-3-6-10-23)33-21-25(31)20-28(33)30(32)35/h3,5-6,9-10,22,24-28H,4,7-8,11-21,31H2,1-2H3/t25-,26?,27-,28+/m1/s1. The van der Waals surface area contributed by atoms with Crippen molar-refractivity contribution in [2.24, 2.45) is 17.6 Å². The normalized spacial score (nSPS) is 27.1. The van der Waals surface area contributed by atoms with Crippen molar-refractivity contribution in [3.63, 3.8) is 0 Å². The summed E-state index contributed by atoms with van der Waals surface area (Å²) >= 11 is 0. The highest BCUT2D eigenvalue weighted by Crippen LogP contribution is 2.32. The SMILES string of the molecule is CC(C)C[C@H](C(=O)CCC1CCCCC1)N1CCC(CCc2ccccc2)N2C[C@H](N)C[C@H]2C1=O. The van der Waals surface area contributed by atoms with E-state index < -0.39 is 0 Å². The van der Waals surface area contributed by atoms with Crippen molar-refractivity contribution in [1.29, 1.82) is 0 Å². The van der Waals surface area contributed by atoms with E-state index in [1.54, 1.807) is 0 Å². The molecule has 2 saturated heterocycles. The minimum Gasteiger partial charge on any atom is -0.331 e. The van der Waals surface area contributed by atoms with E-state index in [1.165, 1.54) is 37.7 Å². The topological polar surface area (TPSA) is 66.6 Å². The number of amides is 1. The molecule has 5 nitrogen and oxygen atoms in total. The van der Waals surface area contributed by atoms with Crippen molar-refractivity contribution in [2.45, 2.75) is 115 Å². The Kier molecular flexibility index (Phi) is 9.40. The summed E-state index contributed by atoms with van der Waals surface area (Å²) < 4.78 is 0. The first-order valence-electron chi connectivity index (χ1n) is 14.3.